The minimum absolute atomic E-state index is 0.0554. The number of nitrogens with one attached hydrogen (secondary N) is 1. The summed E-state index contributed by atoms with van der Waals surface area (Å²) < 4.78 is 13.0. The van der Waals surface area contributed by atoms with Crippen LogP contribution in [0.15, 0.2) is 24.3 Å². The third-order valence-corrected chi connectivity index (χ3v) is 2.98. The van der Waals surface area contributed by atoms with Crippen LogP contribution in [0.4, 0.5) is 4.39 Å². The maximum absolute atomic E-state index is 13.0. The van der Waals surface area contributed by atoms with Crippen molar-refractivity contribution in [1.29, 1.82) is 0 Å². The molecule has 3 atom stereocenters. The predicted octanol–water partition coefficient (Wildman–Crippen LogP) is 1.43. The summed E-state index contributed by atoms with van der Waals surface area (Å²) in [6.07, 6.45) is 0.222. The van der Waals surface area contributed by atoms with E-state index in [-0.39, 0.29) is 30.1 Å². The van der Waals surface area contributed by atoms with Crippen molar-refractivity contribution < 1.29 is 14.3 Å². The number of aliphatic hydroxyl groups excluding tert-OH is 1. The van der Waals surface area contributed by atoms with Crippen molar-refractivity contribution in [3.8, 4) is 0 Å². The van der Waals surface area contributed by atoms with Gasteiger partial charge in [-0.3, -0.25) is 4.79 Å². The van der Waals surface area contributed by atoms with Gasteiger partial charge < -0.3 is 10.4 Å². The Morgan fingerprint density at radius 2 is 2.41 bits per heavy atom. The highest BCUT2D eigenvalue weighted by molar-refractivity contribution is 5.82. The zero-order valence-electron chi connectivity index (χ0n) is 9.69. The van der Waals surface area contributed by atoms with Gasteiger partial charge in [0.15, 0.2) is 0 Å². The SMILES string of the molecule is CC(O)CNC(=O)C1CC1c1cccc(F)c1. The van der Waals surface area contributed by atoms with Crippen molar-refractivity contribution in [3.05, 3.63) is 35.6 Å². The minimum atomic E-state index is -0.537. The van der Waals surface area contributed by atoms with Crippen LogP contribution >= 0.6 is 0 Å². The molecule has 3 nitrogen and oxygen atoms in total. The van der Waals surface area contributed by atoms with Crippen LogP contribution in [-0.2, 0) is 4.79 Å². The van der Waals surface area contributed by atoms with Crippen LogP contribution in [0.25, 0.3) is 0 Å². The molecule has 1 amide bonds. The van der Waals surface area contributed by atoms with Crippen LogP contribution in [0.3, 0.4) is 0 Å². The van der Waals surface area contributed by atoms with E-state index in [2.05, 4.69) is 5.32 Å². The zero-order valence-corrected chi connectivity index (χ0v) is 9.69. The monoisotopic (exact) mass is 237 g/mol. The number of carbonyl (C=O) groups is 1. The van der Waals surface area contributed by atoms with E-state index in [4.69, 9.17) is 5.11 Å². The first-order chi connectivity index (χ1) is 8.08. The van der Waals surface area contributed by atoms with Gasteiger partial charge in [0, 0.05) is 12.5 Å². The van der Waals surface area contributed by atoms with E-state index >= 15 is 0 Å². The zero-order chi connectivity index (χ0) is 12.4. The summed E-state index contributed by atoms with van der Waals surface area (Å²) in [4.78, 5) is 11.7. The van der Waals surface area contributed by atoms with Crippen molar-refractivity contribution in [3.63, 3.8) is 0 Å². The highest BCUT2D eigenvalue weighted by atomic mass is 19.1. The second kappa shape index (κ2) is 4.84. The molecule has 0 bridgehead atoms. The van der Waals surface area contributed by atoms with E-state index in [1.807, 2.05) is 6.07 Å². The van der Waals surface area contributed by atoms with Crippen molar-refractivity contribution in [2.75, 3.05) is 6.54 Å². The van der Waals surface area contributed by atoms with Gasteiger partial charge in [0.2, 0.25) is 5.91 Å². The largest absolute Gasteiger partial charge is 0.392 e. The molecule has 1 aliphatic carbocycles. The quantitative estimate of drug-likeness (QED) is 0.832. The normalized spacial score (nSPS) is 24.2. The van der Waals surface area contributed by atoms with Gasteiger partial charge in [0.25, 0.3) is 0 Å². The molecule has 1 fully saturated rings. The van der Waals surface area contributed by atoms with Crippen molar-refractivity contribution in [1.82, 2.24) is 5.32 Å². The first kappa shape index (κ1) is 12.0. The molecule has 1 aromatic carbocycles. The summed E-state index contributed by atoms with van der Waals surface area (Å²) in [5.41, 5.74) is 0.877. The van der Waals surface area contributed by atoms with Gasteiger partial charge in [-0.15, -0.1) is 0 Å². The van der Waals surface area contributed by atoms with Crippen LogP contribution in [0.5, 0.6) is 0 Å². The number of halogens is 1. The minimum Gasteiger partial charge on any atom is -0.392 e. The van der Waals surface area contributed by atoms with E-state index in [0.717, 1.165) is 12.0 Å². The van der Waals surface area contributed by atoms with E-state index in [1.54, 1.807) is 13.0 Å². The molecular formula is C13H16FNO2. The molecule has 3 unspecified atom stereocenters. The standard InChI is InChI=1S/C13H16FNO2/c1-8(16)7-15-13(17)12-6-11(12)9-3-2-4-10(14)5-9/h2-5,8,11-12,16H,6-7H2,1H3,(H,15,17). The molecule has 1 aliphatic rings. The Bertz CT molecular complexity index is 420. The van der Waals surface area contributed by atoms with Crippen molar-refractivity contribution in [2.24, 2.45) is 5.92 Å². The fourth-order valence-electron chi connectivity index (χ4n) is 1.97. The first-order valence-electron chi connectivity index (χ1n) is 5.79. The maximum Gasteiger partial charge on any atom is 0.223 e. The summed E-state index contributed by atoms with van der Waals surface area (Å²) >= 11 is 0. The highest BCUT2D eigenvalue weighted by Crippen LogP contribution is 2.47. The number of hydrogen-bond donors (Lipinski definition) is 2. The highest BCUT2D eigenvalue weighted by Gasteiger charge is 2.43. The van der Waals surface area contributed by atoms with E-state index in [9.17, 15) is 9.18 Å². The number of hydrogen-bond acceptors (Lipinski definition) is 2. The summed E-state index contributed by atoms with van der Waals surface area (Å²) in [5, 5.41) is 11.7. The molecule has 0 saturated heterocycles. The Morgan fingerprint density at radius 3 is 3.06 bits per heavy atom. The van der Waals surface area contributed by atoms with Crippen LogP contribution in [0, 0.1) is 11.7 Å². The van der Waals surface area contributed by atoms with Crippen LogP contribution in [0.2, 0.25) is 0 Å². The van der Waals surface area contributed by atoms with Crippen molar-refractivity contribution >= 4 is 5.91 Å². The van der Waals surface area contributed by atoms with Gasteiger partial charge in [-0.2, -0.15) is 0 Å². The lowest BCUT2D eigenvalue weighted by molar-refractivity contribution is -0.122. The van der Waals surface area contributed by atoms with E-state index in [1.165, 1.54) is 12.1 Å². The molecule has 0 aliphatic heterocycles. The van der Waals surface area contributed by atoms with E-state index < -0.39 is 6.10 Å². The fraction of sp³-hybridized carbons (Fsp3) is 0.462. The lowest BCUT2D eigenvalue weighted by Crippen LogP contribution is -2.31. The fourth-order valence-corrected chi connectivity index (χ4v) is 1.97. The second-order valence-electron chi connectivity index (χ2n) is 4.60. The van der Waals surface area contributed by atoms with E-state index in [0.29, 0.717) is 0 Å². The first-order valence-corrected chi connectivity index (χ1v) is 5.79. The predicted molar refractivity (Wildman–Crippen MR) is 61.9 cm³/mol. The molecule has 1 saturated carbocycles. The second-order valence-corrected chi connectivity index (χ2v) is 4.60. The average Bonchev–Trinajstić information content (AvgIpc) is 3.05. The summed E-state index contributed by atoms with van der Waals surface area (Å²) in [6.45, 7) is 1.89. The molecule has 92 valence electrons. The molecule has 4 heteroatoms. The maximum atomic E-state index is 13.0. The molecule has 0 spiro atoms. The van der Waals surface area contributed by atoms with Crippen LogP contribution in [-0.4, -0.2) is 23.7 Å². The molecule has 2 rings (SSSR count). The number of carbonyl (C=O) groups excluding carboxylic acids is 1. The third-order valence-electron chi connectivity index (χ3n) is 2.98. The Balaban J connectivity index is 1.90. The van der Waals surface area contributed by atoms with Gasteiger partial charge in [0.1, 0.15) is 5.82 Å². The summed E-state index contributed by atoms with van der Waals surface area (Å²) in [5.74, 6) is -0.270. The molecule has 0 heterocycles. The van der Waals surface area contributed by atoms with Crippen LogP contribution < -0.4 is 5.32 Å². The van der Waals surface area contributed by atoms with Gasteiger partial charge in [-0.25, -0.2) is 4.39 Å². The lowest BCUT2D eigenvalue weighted by Gasteiger charge is -2.06. The summed E-state index contributed by atoms with van der Waals surface area (Å²) in [7, 11) is 0. The number of amides is 1. The number of rotatable bonds is 4. The van der Waals surface area contributed by atoms with Crippen LogP contribution in [0.1, 0.15) is 24.8 Å². The third kappa shape index (κ3) is 3.03. The van der Waals surface area contributed by atoms with Crippen molar-refractivity contribution in [2.45, 2.75) is 25.4 Å². The summed E-state index contributed by atoms with van der Waals surface area (Å²) in [6, 6.07) is 6.38. The molecule has 2 N–H and O–H groups in total. The van der Waals surface area contributed by atoms with Gasteiger partial charge >= 0.3 is 0 Å². The molecule has 0 radical (unpaired) electrons. The number of benzene rings is 1. The molecule has 0 aromatic heterocycles. The van der Waals surface area contributed by atoms with Gasteiger partial charge in [-0.05, 0) is 37.0 Å². The van der Waals surface area contributed by atoms with Gasteiger partial charge in [0.05, 0.1) is 6.10 Å². The Morgan fingerprint density at radius 1 is 1.65 bits per heavy atom. The number of aliphatic hydroxyl groups is 1. The average molecular weight is 237 g/mol. The topological polar surface area (TPSA) is 49.3 Å². The molecule has 17 heavy (non-hydrogen) atoms. The molecule has 1 aromatic rings. The molecular weight excluding hydrogens is 221 g/mol. The Kier molecular flexibility index (Phi) is 3.43. The smallest absolute Gasteiger partial charge is 0.223 e. The Labute approximate surface area is 99.7 Å². The lowest BCUT2D eigenvalue weighted by atomic mass is 10.1. The van der Waals surface area contributed by atoms with Gasteiger partial charge in [-0.1, -0.05) is 12.1 Å². The Hall–Kier alpha value is -1.42.